The van der Waals surface area contributed by atoms with Gasteiger partial charge in [-0.05, 0) is 6.42 Å². The molecule has 0 aromatic rings. The van der Waals surface area contributed by atoms with Crippen LogP contribution in [0.3, 0.4) is 0 Å². The van der Waals surface area contributed by atoms with Gasteiger partial charge in [-0.25, -0.2) is 8.42 Å². The summed E-state index contributed by atoms with van der Waals surface area (Å²) >= 11 is 0. The molecule has 1 aliphatic heterocycles. The van der Waals surface area contributed by atoms with Gasteiger partial charge in [-0.1, -0.05) is 0 Å². The monoisotopic (exact) mass is 232 g/mol. The summed E-state index contributed by atoms with van der Waals surface area (Å²) in [5.41, 5.74) is 0. The van der Waals surface area contributed by atoms with E-state index in [1.54, 1.807) is 0 Å². The van der Waals surface area contributed by atoms with Crippen LogP contribution in [0.5, 0.6) is 0 Å². The fraction of sp³-hybridized carbons (Fsp3) is 0.889. The maximum Gasteiger partial charge on any atom is 0.0978 e. The maximum atomic E-state index is 10.9. The summed E-state index contributed by atoms with van der Waals surface area (Å²) in [4.78, 5) is 0. The van der Waals surface area contributed by atoms with Crippen molar-refractivity contribution in [2.45, 2.75) is 18.1 Å². The molecule has 2 unspecified atom stereocenters. The van der Waals surface area contributed by atoms with Crippen molar-refractivity contribution in [3.05, 3.63) is 0 Å². The minimum Gasteiger partial charge on any atom is -0.748 e. The van der Waals surface area contributed by atoms with Gasteiger partial charge in [-0.3, -0.25) is 0 Å². The lowest BCUT2D eigenvalue weighted by Crippen LogP contribution is -2.42. The Morgan fingerprint density at radius 1 is 1.47 bits per heavy atom. The van der Waals surface area contributed by atoms with E-state index in [2.05, 4.69) is 6.07 Å². The molecule has 1 heterocycles. The zero-order valence-electron chi connectivity index (χ0n) is 9.01. The molecule has 0 aromatic heterocycles. The number of hydrogen-bond acceptors (Lipinski definition) is 4. The van der Waals surface area contributed by atoms with Crippen molar-refractivity contribution in [1.29, 1.82) is 5.26 Å². The molecule has 0 aliphatic carbocycles. The molecular formula is C9H16N2O3S. The SMILES string of the molecule is C[N+]1(C)CCC(S(=O)(=O)[O-])CC(C#N)C1. The summed E-state index contributed by atoms with van der Waals surface area (Å²) in [5, 5.41) is 7.99. The molecule has 2 atom stereocenters. The summed E-state index contributed by atoms with van der Waals surface area (Å²) in [6, 6.07) is 2.08. The molecule has 1 rings (SSSR count). The van der Waals surface area contributed by atoms with E-state index in [4.69, 9.17) is 5.26 Å². The Labute approximate surface area is 90.6 Å². The van der Waals surface area contributed by atoms with E-state index < -0.39 is 15.4 Å². The van der Waals surface area contributed by atoms with Gasteiger partial charge in [0.15, 0.2) is 0 Å². The third-order valence-electron chi connectivity index (χ3n) is 2.91. The maximum absolute atomic E-state index is 10.9. The molecule has 0 amide bonds. The average Bonchev–Trinajstić information content (AvgIpc) is 2.22. The van der Waals surface area contributed by atoms with Crippen molar-refractivity contribution in [2.24, 2.45) is 5.92 Å². The van der Waals surface area contributed by atoms with Crippen LogP contribution in [0.2, 0.25) is 0 Å². The second-order valence-electron chi connectivity index (χ2n) is 4.81. The number of likely N-dealkylation sites (tertiary alicyclic amines) is 1. The molecule has 1 fully saturated rings. The van der Waals surface area contributed by atoms with Crippen LogP contribution >= 0.6 is 0 Å². The summed E-state index contributed by atoms with van der Waals surface area (Å²) in [6.07, 6.45) is 0.543. The first-order valence-electron chi connectivity index (χ1n) is 4.91. The summed E-state index contributed by atoms with van der Waals surface area (Å²) in [7, 11) is -0.356. The molecule has 1 aliphatic rings. The van der Waals surface area contributed by atoms with E-state index in [9.17, 15) is 13.0 Å². The molecule has 0 aromatic carbocycles. The zero-order valence-corrected chi connectivity index (χ0v) is 9.83. The molecule has 0 saturated carbocycles. The van der Waals surface area contributed by atoms with E-state index in [1.165, 1.54) is 0 Å². The Kier molecular flexibility index (Phi) is 3.38. The van der Waals surface area contributed by atoms with E-state index in [0.29, 0.717) is 24.0 Å². The molecule has 0 bridgehead atoms. The highest BCUT2D eigenvalue weighted by Gasteiger charge is 2.32. The third-order valence-corrected chi connectivity index (χ3v) is 4.15. The molecule has 0 radical (unpaired) electrons. The van der Waals surface area contributed by atoms with Crippen LogP contribution in [0.4, 0.5) is 0 Å². The van der Waals surface area contributed by atoms with Crippen molar-refractivity contribution >= 4 is 10.1 Å². The second-order valence-corrected chi connectivity index (χ2v) is 6.46. The topological polar surface area (TPSA) is 81.0 Å². The van der Waals surface area contributed by atoms with E-state index in [0.717, 1.165) is 0 Å². The van der Waals surface area contributed by atoms with Crippen molar-refractivity contribution in [3.8, 4) is 6.07 Å². The molecule has 0 spiro atoms. The fourth-order valence-electron chi connectivity index (χ4n) is 2.05. The second kappa shape index (κ2) is 4.08. The number of nitriles is 1. The molecule has 6 heteroatoms. The number of rotatable bonds is 1. The third kappa shape index (κ3) is 3.45. The van der Waals surface area contributed by atoms with Crippen LogP contribution in [0.15, 0.2) is 0 Å². The lowest BCUT2D eigenvalue weighted by Gasteiger charge is -2.29. The smallest absolute Gasteiger partial charge is 0.0978 e. The first-order valence-corrected chi connectivity index (χ1v) is 6.38. The minimum absolute atomic E-state index is 0.185. The van der Waals surface area contributed by atoms with Crippen LogP contribution in [0.25, 0.3) is 0 Å². The highest BCUT2D eigenvalue weighted by atomic mass is 32.2. The lowest BCUT2D eigenvalue weighted by atomic mass is 10.1. The van der Waals surface area contributed by atoms with Gasteiger partial charge in [0.05, 0.1) is 54.5 Å². The Hall–Kier alpha value is -0.640. The highest BCUT2D eigenvalue weighted by molar-refractivity contribution is 7.86. The summed E-state index contributed by atoms with van der Waals surface area (Å²) < 4.78 is 33.4. The molecule has 1 saturated heterocycles. The van der Waals surface area contributed by atoms with Crippen LogP contribution in [0.1, 0.15) is 12.8 Å². The predicted molar refractivity (Wildman–Crippen MR) is 53.7 cm³/mol. The van der Waals surface area contributed by atoms with E-state index >= 15 is 0 Å². The van der Waals surface area contributed by atoms with Crippen molar-refractivity contribution in [3.63, 3.8) is 0 Å². The average molecular weight is 232 g/mol. The van der Waals surface area contributed by atoms with Gasteiger partial charge in [0.2, 0.25) is 0 Å². The first-order chi connectivity index (χ1) is 6.74. The summed E-state index contributed by atoms with van der Waals surface area (Å²) in [5.74, 6) is -0.337. The lowest BCUT2D eigenvalue weighted by molar-refractivity contribution is -0.891. The van der Waals surface area contributed by atoms with Gasteiger partial charge in [0.1, 0.15) is 0 Å². The fourth-order valence-corrected chi connectivity index (χ4v) is 2.91. The number of quaternary nitrogens is 1. The minimum atomic E-state index is -4.25. The molecule has 5 nitrogen and oxygen atoms in total. The van der Waals surface area contributed by atoms with Crippen molar-refractivity contribution in [1.82, 2.24) is 0 Å². The molecule has 0 N–H and O–H groups in total. The Balaban J connectivity index is 2.88. The number of hydrogen-bond donors (Lipinski definition) is 0. The van der Waals surface area contributed by atoms with Gasteiger partial charge in [0.25, 0.3) is 0 Å². The van der Waals surface area contributed by atoms with Crippen molar-refractivity contribution in [2.75, 3.05) is 27.2 Å². The van der Waals surface area contributed by atoms with Gasteiger partial charge in [0, 0.05) is 6.42 Å². The van der Waals surface area contributed by atoms with Crippen molar-refractivity contribution < 1.29 is 17.5 Å². The quantitative estimate of drug-likeness (QED) is 0.467. The zero-order chi connectivity index (χ0) is 11.7. The van der Waals surface area contributed by atoms with Gasteiger partial charge in [-0.2, -0.15) is 5.26 Å². The van der Waals surface area contributed by atoms with Crippen LogP contribution < -0.4 is 0 Å². The summed E-state index contributed by atoms with van der Waals surface area (Å²) in [6.45, 7) is 1.24. The first kappa shape index (κ1) is 12.4. The normalized spacial score (nSPS) is 31.6. The van der Waals surface area contributed by atoms with Crippen LogP contribution in [-0.2, 0) is 10.1 Å². The standard InChI is InChI=1S/C9H16N2O3S/c1-11(2)4-3-9(15(12,13)14)5-8(6-10)7-11/h8-9H,3-5,7H2,1-2H3. The predicted octanol–water partition coefficient (Wildman–Crippen LogP) is -0.0898. The Bertz CT molecular complexity index is 369. The molecule has 15 heavy (non-hydrogen) atoms. The molecular weight excluding hydrogens is 216 g/mol. The Morgan fingerprint density at radius 2 is 2.07 bits per heavy atom. The molecule has 86 valence electrons. The number of nitrogens with zero attached hydrogens (tertiary/aromatic N) is 2. The van der Waals surface area contributed by atoms with E-state index in [1.807, 2.05) is 14.1 Å². The Morgan fingerprint density at radius 3 is 2.53 bits per heavy atom. The highest BCUT2D eigenvalue weighted by Crippen LogP contribution is 2.23. The van der Waals surface area contributed by atoms with Crippen LogP contribution in [0, 0.1) is 17.2 Å². The van der Waals surface area contributed by atoms with Gasteiger partial charge >= 0.3 is 0 Å². The van der Waals surface area contributed by atoms with Gasteiger partial charge < -0.3 is 9.04 Å². The van der Waals surface area contributed by atoms with Gasteiger partial charge in [-0.15, -0.1) is 0 Å². The van der Waals surface area contributed by atoms with Crippen LogP contribution in [-0.4, -0.2) is 49.9 Å². The largest absolute Gasteiger partial charge is 0.748 e. The van der Waals surface area contributed by atoms with E-state index in [-0.39, 0.29) is 12.3 Å².